The van der Waals surface area contributed by atoms with Crippen molar-refractivity contribution >= 4 is 22.8 Å². The van der Waals surface area contributed by atoms with Gasteiger partial charge in [-0.05, 0) is 30.2 Å². The van der Waals surface area contributed by atoms with Crippen molar-refractivity contribution in [2.45, 2.75) is 25.7 Å². The molecule has 39 heavy (non-hydrogen) atoms. The van der Waals surface area contributed by atoms with Crippen LogP contribution in [-0.4, -0.2) is 75.8 Å². The van der Waals surface area contributed by atoms with Crippen LogP contribution >= 0.6 is 0 Å². The molecule has 0 spiro atoms. The van der Waals surface area contributed by atoms with Gasteiger partial charge >= 0.3 is 6.18 Å². The van der Waals surface area contributed by atoms with Gasteiger partial charge in [0.2, 0.25) is 5.91 Å². The molecule has 0 unspecified atom stereocenters. The summed E-state index contributed by atoms with van der Waals surface area (Å²) in [6.45, 7) is 4.23. The predicted octanol–water partition coefficient (Wildman–Crippen LogP) is 4.00. The Morgan fingerprint density at radius 3 is 2.77 bits per heavy atom. The Morgan fingerprint density at radius 2 is 1.97 bits per heavy atom. The largest absolute Gasteiger partial charge is 0.405 e. The smallest absolute Gasteiger partial charge is 0.379 e. The summed E-state index contributed by atoms with van der Waals surface area (Å²) >= 11 is 0. The van der Waals surface area contributed by atoms with E-state index in [-0.39, 0.29) is 5.82 Å². The number of nitrogens with one attached hydrogen (secondary N) is 3. The van der Waals surface area contributed by atoms with Crippen LogP contribution in [0.4, 0.5) is 19.0 Å². The molecule has 0 bridgehead atoms. The number of halogens is 3. The van der Waals surface area contributed by atoms with E-state index in [0.717, 1.165) is 54.9 Å². The number of morpholine rings is 1. The molecule has 0 aliphatic carbocycles. The molecule has 1 amide bonds. The first kappa shape index (κ1) is 26.6. The first-order valence-corrected chi connectivity index (χ1v) is 12.5. The number of hydrogen-bond donors (Lipinski definition) is 3. The monoisotopic (exact) mass is 539 g/mol. The zero-order valence-corrected chi connectivity index (χ0v) is 21.3. The third kappa shape index (κ3) is 6.70. The Labute approximate surface area is 222 Å². The molecule has 4 heterocycles. The van der Waals surface area contributed by atoms with Crippen molar-refractivity contribution in [3.05, 3.63) is 60.7 Å². The summed E-state index contributed by atoms with van der Waals surface area (Å²) in [4.78, 5) is 30.9. The van der Waals surface area contributed by atoms with Crippen LogP contribution in [0.15, 0.2) is 55.1 Å². The van der Waals surface area contributed by atoms with Gasteiger partial charge in [0.05, 0.1) is 31.3 Å². The maximum atomic E-state index is 12.4. The van der Waals surface area contributed by atoms with Gasteiger partial charge in [0.1, 0.15) is 24.1 Å². The average molecular weight is 540 g/mol. The minimum atomic E-state index is -4.48. The van der Waals surface area contributed by atoms with Crippen LogP contribution in [0.25, 0.3) is 33.4 Å². The standard InChI is InChI=1S/C27H28F3N7O2/c1-17(26(38)34-16-27(28,29)30)35-24-14-31-13-23(36-24)22-12-33-25-21(22)10-20(11-32-25)19-4-2-3-18(9-19)15-37-5-7-39-8-6-37/h2-4,9-14,17H,5-8,15-16H2,1H3,(H,32,33)(H,34,38)(H,35,36)/t17-/m1/s1. The first-order valence-electron chi connectivity index (χ1n) is 12.5. The van der Waals surface area contributed by atoms with Gasteiger partial charge in [0.25, 0.3) is 0 Å². The van der Waals surface area contributed by atoms with Crippen LogP contribution < -0.4 is 10.6 Å². The van der Waals surface area contributed by atoms with E-state index < -0.39 is 24.7 Å². The summed E-state index contributed by atoms with van der Waals surface area (Å²) in [5, 5.41) is 5.52. The number of aromatic nitrogens is 4. The number of carbonyl (C=O) groups excluding carboxylic acids is 1. The zero-order valence-electron chi connectivity index (χ0n) is 21.3. The molecule has 0 radical (unpaired) electrons. The molecule has 12 heteroatoms. The Bertz CT molecular complexity index is 1450. The van der Waals surface area contributed by atoms with E-state index in [9.17, 15) is 18.0 Å². The van der Waals surface area contributed by atoms with E-state index in [1.807, 2.05) is 29.7 Å². The van der Waals surface area contributed by atoms with Crippen molar-refractivity contribution in [3.63, 3.8) is 0 Å². The first-order chi connectivity index (χ1) is 18.7. The third-order valence-corrected chi connectivity index (χ3v) is 6.43. The van der Waals surface area contributed by atoms with E-state index in [4.69, 9.17) is 4.74 Å². The van der Waals surface area contributed by atoms with E-state index in [2.05, 4.69) is 42.3 Å². The Morgan fingerprint density at radius 1 is 1.15 bits per heavy atom. The molecule has 1 fully saturated rings. The fourth-order valence-electron chi connectivity index (χ4n) is 4.43. The second-order valence-electron chi connectivity index (χ2n) is 9.40. The molecule has 3 N–H and O–H groups in total. The summed E-state index contributed by atoms with van der Waals surface area (Å²) < 4.78 is 42.7. The van der Waals surface area contributed by atoms with E-state index >= 15 is 0 Å². The second kappa shape index (κ2) is 11.4. The van der Waals surface area contributed by atoms with Crippen LogP contribution in [0.5, 0.6) is 0 Å². The highest BCUT2D eigenvalue weighted by Gasteiger charge is 2.28. The quantitative estimate of drug-likeness (QED) is 0.311. The third-order valence-electron chi connectivity index (χ3n) is 6.43. The predicted molar refractivity (Wildman–Crippen MR) is 141 cm³/mol. The van der Waals surface area contributed by atoms with Gasteiger partial charge in [-0.2, -0.15) is 13.2 Å². The molecule has 1 aliphatic rings. The topological polar surface area (TPSA) is 108 Å². The maximum absolute atomic E-state index is 12.4. The molecule has 5 rings (SSSR count). The summed E-state index contributed by atoms with van der Waals surface area (Å²) in [6.07, 6.45) is 2.11. The van der Waals surface area contributed by atoms with Crippen LogP contribution in [0, 0.1) is 0 Å². The molecule has 204 valence electrons. The molecule has 9 nitrogen and oxygen atoms in total. The van der Waals surface area contributed by atoms with Gasteiger partial charge in [-0.1, -0.05) is 18.2 Å². The number of pyridine rings is 1. The number of ether oxygens (including phenoxy) is 1. The summed E-state index contributed by atoms with van der Waals surface area (Å²) in [7, 11) is 0. The van der Waals surface area contributed by atoms with Crippen molar-refractivity contribution in [1.82, 2.24) is 30.2 Å². The molecular formula is C27H28F3N7O2. The van der Waals surface area contributed by atoms with E-state index in [1.165, 1.54) is 18.7 Å². The lowest BCUT2D eigenvalue weighted by molar-refractivity contribution is -0.138. The molecule has 1 aromatic carbocycles. The average Bonchev–Trinajstić information content (AvgIpc) is 3.35. The molecule has 3 aromatic heterocycles. The number of alkyl halides is 3. The number of carbonyl (C=O) groups is 1. The lowest BCUT2D eigenvalue weighted by atomic mass is 10.0. The normalized spacial score (nSPS) is 15.3. The lowest BCUT2D eigenvalue weighted by Gasteiger charge is -2.26. The zero-order chi connectivity index (χ0) is 27.4. The summed E-state index contributed by atoms with van der Waals surface area (Å²) in [6, 6.07) is 9.47. The van der Waals surface area contributed by atoms with Crippen LogP contribution in [0.2, 0.25) is 0 Å². The highest BCUT2D eigenvalue weighted by atomic mass is 19.4. The van der Waals surface area contributed by atoms with Gasteiger partial charge in [-0.25, -0.2) is 9.97 Å². The van der Waals surface area contributed by atoms with Crippen molar-refractivity contribution < 1.29 is 22.7 Å². The number of fused-ring (bicyclic) bond motifs is 1. The number of aromatic amines is 1. The van der Waals surface area contributed by atoms with Gasteiger partial charge < -0.3 is 20.4 Å². The van der Waals surface area contributed by atoms with Gasteiger partial charge in [-0.3, -0.25) is 14.7 Å². The Hall–Kier alpha value is -4.03. The second-order valence-corrected chi connectivity index (χ2v) is 9.40. The van der Waals surface area contributed by atoms with Crippen molar-refractivity contribution in [1.29, 1.82) is 0 Å². The van der Waals surface area contributed by atoms with Crippen LogP contribution in [0.1, 0.15) is 12.5 Å². The molecule has 1 aliphatic heterocycles. The summed E-state index contributed by atoms with van der Waals surface area (Å²) in [5.41, 5.74) is 5.16. The molecular weight excluding hydrogens is 511 g/mol. The fourth-order valence-corrected chi connectivity index (χ4v) is 4.43. The molecule has 1 saturated heterocycles. The number of hydrogen-bond acceptors (Lipinski definition) is 7. The fraction of sp³-hybridized carbons (Fsp3) is 0.333. The Kier molecular flexibility index (Phi) is 7.75. The van der Waals surface area contributed by atoms with E-state index in [1.54, 1.807) is 12.4 Å². The highest BCUT2D eigenvalue weighted by molar-refractivity contribution is 5.95. The van der Waals surface area contributed by atoms with Crippen LogP contribution in [-0.2, 0) is 16.1 Å². The lowest BCUT2D eigenvalue weighted by Crippen LogP contribution is -2.42. The molecule has 0 saturated carbocycles. The number of H-pyrrole nitrogens is 1. The number of nitrogens with zero attached hydrogens (tertiary/aromatic N) is 4. The Balaban J connectivity index is 1.35. The highest BCUT2D eigenvalue weighted by Crippen LogP contribution is 2.31. The van der Waals surface area contributed by atoms with Crippen molar-refractivity contribution in [3.8, 4) is 22.4 Å². The van der Waals surface area contributed by atoms with Crippen molar-refractivity contribution in [2.75, 3.05) is 38.2 Å². The number of benzene rings is 1. The van der Waals surface area contributed by atoms with Gasteiger partial charge in [0.15, 0.2) is 0 Å². The maximum Gasteiger partial charge on any atom is 0.405 e. The molecule has 4 aromatic rings. The number of rotatable bonds is 8. The van der Waals surface area contributed by atoms with Gasteiger partial charge in [0, 0.05) is 48.5 Å². The van der Waals surface area contributed by atoms with Crippen LogP contribution in [0.3, 0.4) is 0 Å². The number of amides is 1. The van der Waals surface area contributed by atoms with E-state index in [0.29, 0.717) is 11.3 Å². The molecule has 1 atom stereocenters. The number of anilines is 1. The summed E-state index contributed by atoms with van der Waals surface area (Å²) in [5.74, 6) is -0.534. The van der Waals surface area contributed by atoms with Gasteiger partial charge in [-0.15, -0.1) is 0 Å². The SMILES string of the molecule is C[C@@H](Nc1cncc(-c2c[nH]c3ncc(-c4cccc(CN5CCOCC5)c4)cc23)n1)C(=O)NCC(F)(F)F. The minimum absolute atomic E-state index is 0.261. The minimum Gasteiger partial charge on any atom is -0.379 e. The van der Waals surface area contributed by atoms with Crippen molar-refractivity contribution in [2.24, 2.45) is 0 Å².